The van der Waals surface area contributed by atoms with Crippen molar-refractivity contribution < 1.29 is 9.53 Å². The first-order valence-electron chi connectivity index (χ1n) is 9.55. The van der Waals surface area contributed by atoms with E-state index in [9.17, 15) is 9.59 Å². The highest BCUT2D eigenvalue weighted by Gasteiger charge is 2.30. The number of carbonyl (C=O) groups excluding carboxylic acids is 1. The molecule has 1 heterocycles. The molecule has 30 heavy (non-hydrogen) atoms. The molecule has 0 saturated carbocycles. The van der Waals surface area contributed by atoms with Crippen molar-refractivity contribution in [2.24, 2.45) is 0 Å². The number of rotatable bonds is 6. The molecule has 0 saturated heterocycles. The molecule has 1 atom stereocenters. The highest BCUT2D eigenvalue weighted by molar-refractivity contribution is 8.14. The highest BCUT2D eigenvalue weighted by atomic mass is 32.2. The Balaban J connectivity index is 2.28. The lowest BCUT2D eigenvalue weighted by Gasteiger charge is -2.19. The van der Waals surface area contributed by atoms with Crippen LogP contribution < -0.4 is 5.56 Å². The van der Waals surface area contributed by atoms with Crippen LogP contribution in [0.1, 0.15) is 22.7 Å². The number of allylic oxidation sites excluding steroid dienone is 1. The van der Waals surface area contributed by atoms with E-state index in [0.29, 0.717) is 16.8 Å². The van der Waals surface area contributed by atoms with Crippen LogP contribution in [0.4, 0.5) is 0 Å². The maximum absolute atomic E-state index is 13.5. The number of H-pyrrole nitrogens is 1. The summed E-state index contributed by atoms with van der Waals surface area (Å²) in [5.74, 6) is -0.996. The number of nitrogens with zero attached hydrogens (tertiary/aromatic N) is 1. The molecule has 2 aromatic carbocycles. The van der Waals surface area contributed by atoms with Gasteiger partial charge in [-0.2, -0.15) is 10.5 Å². The minimum Gasteiger partial charge on any atom is -0.466 e. The molecule has 3 aromatic rings. The number of hydrogen-bond acceptors (Lipinski definition) is 3. The van der Waals surface area contributed by atoms with Gasteiger partial charge in [-0.15, -0.1) is 0 Å². The van der Waals surface area contributed by atoms with Gasteiger partial charge in [0.1, 0.15) is 0 Å². The lowest BCUT2D eigenvalue weighted by Crippen LogP contribution is -2.23. The number of hydrogen-bond donors (Lipinski definition) is 1. The Kier molecular flexibility index (Phi) is 6.90. The molecule has 1 unspecified atom stereocenters. The predicted molar refractivity (Wildman–Crippen MR) is 125 cm³/mol. The maximum Gasteiger partial charge on any atom is 0.334 e. The average molecular weight is 423 g/mol. The van der Waals surface area contributed by atoms with Crippen LogP contribution in [0.15, 0.2) is 77.1 Å². The number of esters is 1. The largest absolute Gasteiger partial charge is 0.466 e. The number of aryl methyl sites for hydroxylation is 1. The number of aromatic nitrogens is 2. The van der Waals surface area contributed by atoms with E-state index >= 15 is 0 Å². The van der Waals surface area contributed by atoms with Crippen molar-refractivity contribution in [2.45, 2.75) is 12.8 Å². The maximum atomic E-state index is 13.5. The summed E-state index contributed by atoms with van der Waals surface area (Å²) in [7, 11) is 1.34. The number of nitrogens with one attached hydrogen (secondary N) is 1. The molecule has 6 heteroatoms. The molecule has 1 N–H and O–H groups in total. The summed E-state index contributed by atoms with van der Waals surface area (Å²) in [5.41, 5.74) is 3.08. The minimum absolute atomic E-state index is 0.0195. The van der Waals surface area contributed by atoms with E-state index in [1.54, 1.807) is 6.08 Å². The second kappa shape index (κ2) is 9.59. The third-order valence-corrected chi connectivity index (χ3v) is 5.49. The summed E-state index contributed by atoms with van der Waals surface area (Å²) in [4.78, 5) is 26.3. The van der Waals surface area contributed by atoms with Crippen LogP contribution in [0.2, 0.25) is 0 Å². The van der Waals surface area contributed by atoms with Crippen molar-refractivity contribution in [3.8, 4) is 5.69 Å². The van der Waals surface area contributed by atoms with Crippen LogP contribution >= 0.6 is 10.5 Å². The van der Waals surface area contributed by atoms with Gasteiger partial charge in [0.25, 0.3) is 5.56 Å². The van der Waals surface area contributed by atoms with E-state index in [1.807, 2.05) is 73.0 Å². The molecule has 0 amide bonds. The van der Waals surface area contributed by atoms with Gasteiger partial charge in [0, 0.05) is 17.2 Å². The first-order valence-corrected chi connectivity index (χ1v) is 11.7. The Morgan fingerprint density at radius 3 is 2.23 bits per heavy atom. The van der Waals surface area contributed by atoms with E-state index < -0.39 is 11.9 Å². The summed E-state index contributed by atoms with van der Waals surface area (Å²) in [6.45, 7) is 1.86. The first kappa shape index (κ1) is 21.6. The Labute approximate surface area is 178 Å². The van der Waals surface area contributed by atoms with Crippen LogP contribution in [0.5, 0.6) is 0 Å². The Morgan fingerprint density at radius 2 is 1.67 bits per heavy atom. The fourth-order valence-electron chi connectivity index (χ4n) is 3.41. The fourth-order valence-corrected chi connectivity index (χ4v) is 3.83. The van der Waals surface area contributed by atoms with Gasteiger partial charge in [-0.1, -0.05) is 48.5 Å². The molecule has 0 aliphatic rings. The van der Waals surface area contributed by atoms with E-state index in [1.165, 1.54) is 11.8 Å². The smallest absolute Gasteiger partial charge is 0.334 e. The standard InChI is InChI=1S/C24H26N2O3S/c1-17-21(23(27)26(25-17)19-13-9-6-10-14-19)22(18-11-7-5-8-12-18)20(24(28)29-2)15-16-30(3)4/h5-16,22,25H,1-4H3/b20-15+. The van der Waals surface area contributed by atoms with Gasteiger partial charge in [0.15, 0.2) is 0 Å². The molecule has 0 aliphatic carbocycles. The van der Waals surface area contributed by atoms with Gasteiger partial charge in [-0.3, -0.25) is 9.89 Å². The normalized spacial score (nSPS) is 12.6. The average Bonchev–Trinajstić information content (AvgIpc) is 3.05. The van der Waals surface area contributed by atoms with Gasteiger partial charge in [0.2, 0.25) is 0 Å². The van der Waals surface area contributed by atoms with E-state index in [0.717, 1.165) is 11.3 Å². The molecule has 0 radical (unpaired) electrons. The predicted octanol–water partition coefficient (Wildman–Crippen LogP) is 4.04. The van der Waals surface area contributed by atoms with Crippen LogP contribution in [-0.4, -0.2) is 40.7 Å². The van der Waals surface area contributed by atoms with E-state index in [-0.39, 0.29) is 16.0 Å². The van der Waals surface area contributed by atoms with Crippen molar-refractivity contribution in [3.05, 3.63) is 99.5 Å². The number of ether oxygens (including phenoxy) is 1. The van der Waals surface area contributed by atoms with Gasteiger partial charge in [0.05, 0.1) is 18.4 Å². The molecule has 0 spiro atoms. The third kappa shape index (κ3) is 4.54. The molecular formula is C24H26N2O3S. The highest BCUT2D eigenvalue weighted by Crippen LogP contribution is 2.32. The van der Waals surface area contributed by atoms with Gasteiger partial charge in [-0.05, 0) is 48.6 Å². The van der Waals surface area contributed by atoms with Crippen LogP contribution in [-0.2, 0) is 9.53 Å². The fraction of sp³-hybridized carbons (Fsp3) is 0.208. The summed E-state index contributed by atoms with van der Waals surface area (Å²) in [6, 6.07) is 19.0. The number of methoxy groups -OCH3 is 1. The Bertz CT molecular complexity index is 1140. The Hall–Kier alpha value is -3.12. The van der Waals surface area contributed by atoms with Crippen molar-refractivity contribution in [1.82, 2.24) is 9.78 Å². The zero-order valence-electron chi connectivity index (χ0n) is 17.6. The van der Waals surface area contributed by atoms with Crippen LogP contribution in [0.3, 0.4) is 0 Å². The minimum atomic E-state index is -0.549. The number of aromatic amines is 1. The molecule has 0 bridgehead atoms. The van der Waals surface area contributed by atoms with Crippen LogP contribution in [0, 0.1) is 6.92 Å². The van der Waals surface area contributed by atoms with Gasteiger partial charge >= 0.3 is 5.97 Å². The van der Waals surface area contributed by atoms with Crippen molar-refractivity contribution in [3.63, 3.8) is 0 Å². The zero-order valence-corrected chi connectivity index (χ0v) is 18.4. The second-order valence-electron chi connectivity index (χ2n) is 7.10. The van der Waals surface area contributed by atoms with Crippen molar-refractivity contribution in [1.29, 1.82) is 0 Å². The number of benzene rings is 2. The third-order valence-electron chi connectivity index (χ3n) is 4.80. The van der Waals surface area contributed by atoms with Crippen molar-refractivity contribution in [2.75, 3.05) is 19.6 Å². The lowest BCUT2D eigenvalue weighted by atomic mass is 9.84. The summed E-state index contributed by atoms with van der Waals surface area (Å²) in [5, 5.41) is 5.14. The molecular weight excluding hydrogens is 396 g/mol. The molecule has 3 rings (SSSR count). The number of carbonyl (C=O) groups is 1. The van der Waals surface area contributed by atoms with Gasteiger partial charge in [-0.25, -0.2) is 9.48 Å². The van der Waals surface area contributed by atoms with Gasteiger partial charge < -0.3 is 4.74 Å². The van der Waals surface area contributed by atoms with E-state index in [4.69, 9.17) is 4.74 Å². The van der Waals surface area contributed by atoms with E-state index in [2.05, 4.69) is 17.6 Å². The molecule has 0 fully saturated rings. The molecule has 1 aromatic heterocycles. The number of para-hydroxylation sites is 1. The lowest BCUT2D eigenvalue weighted by molar-refractivity contribution is -0.136. The summed E-state index contributed by atoms with van der Waals surface area (Å²) >= 11 is 0. The molecule has 0 aliphatic heterocycles. The quantitative estimate of drug-likeness (QED) is 0.370. The summed E-state index contributed by atoms with van der Waals surface area (Å²) in [6.07, 6.45) is 5.92. The SMILES string of the molecule is COC(=O)/C(=C/C=S(C)C)C(c1ccccc1)c1c(C)[nH]n(-c2ccccc2)c1=O. The monoisotopic (exact) mass is 422 g/mol. The second-order valence-corrected chi connectivity index (χ2v) is 9.13. The zero-order chi connectivity index (χ0) is 21.7. The topological polar surface area (TPSA) is 64.1 Å². The van der Waals surface area contributed by atoms with Crippen molar-refractivity contribution >= 4 is 21.8 Å². The first-order chi connectivity index (χ1) is 14.4. The molecule has 156 valence electrons. The Morgan fingerprint density at radius 1 is 1.07 bits per heavy atom. The van der Waals surface area contributed by atoms with Crippen LogP contribution in [0.25, 0.3) is 5.69 Å². The summed E-state index contributed by atoms with van der Waals surface area (Å²) < 4.78 is 6.61. The molecule has 5 nitrogen and oxygen atoms in total.